The van der Waals surface area contributed by atoms with Crippen molar-refractivity contribution in [3.05, 3.63) is 29.8 Å². The first-order valence-corrected chi connectivity index (χ1v) is 6.18. The molecule has 0 aliphatic carbocycles. The van der Waals surface area contributed by atoms with Crippen molar-refractivity contribution >= 4 is 34.0 Å². The second kappa shape index (κ2) is 7.49. The second-order valence-electron chi connectivity index (χ2n) is 3.33. The number of carbonyl (C=O) groups is 3. The van der Waals surface area contributed by atoms with Gasteiger partial charge in [-0.15, -0.1) is 0 Å². The van der Waals surface area contributed by atoms with E-state index in [4.69, 9.17) is 4.74 Å². The largest absolute Gasteiger partial charge is 0.513 e. The molecule has 0 amide bonds. The van der Waals surface area contributed by atoms with E-state index >= 15 is 0 Å². The third-order valence-corrected chi connectivity index (χ3v) is 2.68. The van der Waals surface area contributed by atoms with Crippen LogP contribution in [-0.4, -0.2) is 37.3 Å². The highest BCUT2D eigenvalue weighted by Gasteiger charge is 2.21. The molecule has 0 saturated carbocycles. The summed E-state index contributed by atoms with van der Waals surface area (Å²) in [5, 5.41) is -1.16. The van der Waals surface area contributed by atoms with Crippen LogP contribution in [0.15, 0.2) is 24.3 Å². The van der Waals surface area contributed by atoms with Crippen LogP contribution in [0.1, 0.15) is 10.4 Å². The zero-order chi connectivity index (χ0) is 15.1. The maximum Gasteiger partial charge on any atom is 0.513 e. The number of rotatable bonds is 4. The SMILES string of the molecule is COC(=O)Oc1ccc(C(=O)C(Br)OC(=O)OC)cc1. The number of methoxy groups -OCH3 is 2. The minimum absolute atomic E-state index is 0.216. The maximum atomic E-state index is 11.9. The van der Waals surface area contributed by atoms with E-state index in [1.165, 1.54) is 31.4 Å². The van der Waals surface area contributed by atoms with Gasteiger partial charge >= 0.3 is 12.3 Å². The van der Waals surface area contributed by atoms with Gasteiger partial charge in [0.25, 0.3) is 0 Å². The summed E-state index contributed by atoms with van der Waals surface area (Å²) in [6.07, 6.45) is -1.85. The van der Waals surface area contributed by atoms with Crippen molar-refractivity contribution < 1.29 is 33.3 Å². The van der Waals surface area contributed by atoms with Crippen LogP contribution >= 0.6 is 15.9 Å². The Morgan fingerprint density at radius 1 is 1.00 bits per heavy atom. The van der Waals surface area contributed by atoms with Gasteiger partial charge in [-0.25, -0.2) is 9.59 Å². The Bertz CT molecular complexity index is 497. The standard InChI is InChI=1S/C12H11BrO7/c1-17-11(15)19-8-5-3-7(4-6-8)9(14)10(13)20-12(16)18-2/h3-6,10H,1-2H3. The minimum atomic E-state index is -1.16. The van der Waals surface area contributed by atoms with Gasteiger partial charge in [0, 0.05) is 5.56 Å². The molecule has 0 aromatic heterocycles. The lowest BCUT2D eigenvalue weighted by Crippen LogP contribution is -2.21. The molecule has 0 spiro atoms. The van der Waals surface area contributed by atoms with Gasteiger partial charge in [0.2, 0.25) is 10.8 Å². The Hall–Kier alpha value is -2.09. The van der Waals surface area contributed by atoms with Crippen LogP contribution in [-0.2, 0) is 14.2 Å². The number of ether oxygens (including phenoxy) is 4. The van der Waals surface area contributed by atoms with Gasteiger partial charge in [-0.1, -0.05) is 0 Å². The molecular weight excluding hydrogens is 336 g/mol. The topological polar surface area (TPSA) is 88.1 Å². The predicted octanol–water partition coefficient (Wildman–Crippen LogP) is 2.52. The van der Waals surface area contributed by atoms with Gasteiger partial charge < -0.3 is 18.9 Å². The molecule has 0 aliphatic rings. The Kier molecular flexibility index (Phi) is 5.98. The summed E-state index contributed by atoms with van der Waals surface area (Å²) in [6, 6.07) is 5.63. The summed E-state index contributed by atoms with van der Waals surface area (Å²) in [4.78, 5) is 33.6. The van der Waals surface area contributed by atoms with Crippen molar-refractivity contribution in [1.82, 2.24) is 0 Å². The fourth-order valence-corrected chi connectivity index (χ4v) is 1.56. The van der Waals surface area contributed by atoms with E-state index in [1.807, 2.05) is 0 Å². The van der Waals surface area contributed by atoms with Gasteiger partial charge in [-0.2, -0.15) is 0 Å². The molecule has 0 N–H and O–H groups in total. The zero-order valence-corrected chi connectivity index (χ0v) is 12.2. The summed E-state index contributed by atoms with van der Waals surface area (Å²) < 4.78 is 18.0. The van der Waals surface area contributed by atoms with Crippen molar-refractivity contribution in [3.8, 4) is 5.75 Å². The third-order valence-electron chi connectivity index (χ3n) is 2.08. The lowest BCUT2D eigenvalue weighted by molar-refractivity contribution is 0.0551. The summed E-state index contributed by atoms with van der Waals surface area (Å²) in [7, 11) is 2.31. The van der Waals surface area contributed by atoms with Crippen LogP contribution in [0.5, 0.6) is 5.75 Å². The van der Waals surface area contributed by atoms with Crippen LogP contribution < -0.4 is 4.74 Å². The molecule has 1 aromatic carbocycles. The Labute approximate surface area is 122 Å². The first-order chi connectivity index (χ1) is 9.47. The smallest absolute Gasteiger partial charge is 0.438 e. The predicted molar refractivity (Wildman–Crippen MR) is 70.0 cm³/mol. The van der Waals surface area contributed by atoms with E-state index in [9.17, 15) is 14.4 Å². The highest BCUT2D eigenvalue weighted by Crippen LogP contribution is 2.17. The number of halogens is 1. The number of hydrogen-bond donors (Lipinski definition) is 0. The monoisotopic (exact) mass is 346 g/mol. The molecule has 0 heterocycles. The van der Waals surface area contributed by atoms with Crippen LogP contribution in [0, 0.1) is 0 Å². The first-order valence-electron chi connectivity index (χ1n) is 5.26. The van der Waals surface area contributed by atoms with E-state index in [1.54, 1.807) is 0 Å². The zero-order valence-electron chi connectivity index (χ0n) is 10.6. The van der Waals surface area contributed by atoms with Gasteiger partial charge in [0.15, 0.2) is 0 Å². The highest BCUT2D eigenvalue weighted by atomic mass is 79.9. The molecule has 0 saturated heterocycles. The summed E-state index contributed by atoms with van der Waals surface area (Å²) in [5.41, 5.74) is 0.257. The average Bonchev–Trinajstić information content (AvgIpc) is 2.46. The molecule has 8 heteroatoms. The molecule has 1 atom stereocenters. The van der Waals surface area contributed by atoms with E-state index in [2.05, 4.69) is 30.1 Å². The van der Waals surface area contributed by atoms with Gasteiger partial charge in [0.1, 0.15) is 5.75 Å². The molecule has 7 nitrogen and oxygen atoms in total. The molecule has 1 aromatic rings. The van der Waals surface area contributed by atoms with E-state index in [0.29, 0.717) is 0 Å². The molecule has 20 heavy (non-hydrogen) atoms. The summed E-state index contributed by atoms with van der Waals surface area (Å²) >= 11 is 2.91. The number of hydrogen-bond acceptors (Lipinski definition) is 7. The third kappa shape index (κ3) is 4.54. The molecule has 0 bridgehead atoms. The summed E-state index contributed by atoms with van der Waals surface area (Å²) in [5.74, 6) is -0.270. The lowest BCUT2D eigenvalue weighted by Gasteiger charge is -2.09. The minimum Gasteiger partial charge on any atom is -0.438 e. The van der Waals surface area contributed by atoms with Gasteiger partial charge in [-0.3, -0.25) is 4.79 Å². The maximum absolute atomic E-state index is 11.9. The Morgan fingerprint density at radius 2 is 1.55 bits per heavy atom. The molecule has 0 fully saturated rings. The van der Waals surface area contributed by atoms with Crippen molar-refractivity contribution in [2.45, 2.75) is 5.01 Å². The van der Waals surface area contributed by atoms with Crippen LogP contribution in [0.2, 0.25) is 0 Å². The van der Waals surface area contributed by atoms with Gasteiger partial charge in [0.05, 0.1) is 14.2 Å². The van der Waals surface area contributed by atoms with Gasteiger partial charge in [-0.05, 0) is 40.2 Å². The lowest BCUT2D eigenvalue weighted by atomic mass is 10.1. The van der Waals surface area contributed by atoms with Crippen LogP contribution in [0.3, 0.4) is 0 Å². The van der Waals surface area contributed by atoms with Crippen molar-refractivity contribution in [3.63, 3.8) is 0 Å². The number of alkyl halides is 1. The number of ketones is 1. The number of benzene rings is 1. The highest BCUT2D eigenvalue weighted by molar-refractivity contribution is 9.09. The molecular formula is C12H11BrO7. The molecule has 1 rings (SSSR count). The number of Topliss-reactive ketones (excluding diaryl/α,β-unsaturated/α-hetero) is 1. The summed E-state index contributed by atoms with van der Waals surface area (Å²) in [6.45, 7) is 0. The van der Waals surface area contributed by atoms with E-state index in [0.717, 1.165) is 7.11 Å². The Morgan fingerprint density at radius 3 is 2.05 bits per heavy atom. The quantitative estimate of drug-likeness (QED) is 0.358. The van der Waals surface area contributed by atoms with Crippen molar-refractivity contribution in [2.75, 3.05) is 14.2 Å². The second-order valence-corrected chi connectivity index (χ2v) is 4.16. The average molecular weight is 347 g/mol. The fourth-order valence-electron chi connectivity index (χ4n) is 1.14. The van der Waals surface area contributed by atoms with Crippen molar-refractivity contribution in [1.29, 1.82) is 0 Å². The molecule has 108 valence electrons. The molecule has 1 unspecified atom stereocenters. The van der Waals surface area contributed by atoms with E-state index in [-0.39, 0.29) is 11.3 Å². The fraction of sp³-hybridized carbons (Fsp3) is 0.250. The Balaban J connectivity index is 2.70. The molecule has 0 aliphatic heterocycles. The van der Waals surface area contributed by atoms with Crippen LogP contribution in [0.25, 0.3) is 0 Å². The first kappa shape index (κ1) is 16.0. The van der Waals surface area contributed by atoms with Crippen molar-refractivity contribution in [2.24, 2.45) is 0 Å². The normalized spacial score (nSPS) is 11.2. The van der Waals surface area contributed by atoms with Crippen LogP contribution in [0.4, 0.5) is 9.59 Å². The van der Waals surface area contributed by atoms with E-state index < -0.39 is 23.1 Å². The number of carbonyl (C=O) groups excluding carboxylic acids is 3. The molecule has 0 radical (unpaired) electrons.